The maximum absolute atomic E-state index is 4.77. The molecule has 0 unspecified atom stereocenters. The highest BCUT2D eigenvalue weighted by atomic mass is 16.5. The van der Waals surface area contributed by atoms with Gasteiger partial charge in [-0.2, -0.15) is 0 Å². The molecule has 0 fully saturated rings. The van der Waals surface area contributed by atoms with E-state index in [0.29, 0.717) is 6.61 Å². The molecule has 0 bridgehead atoms. The van der Waals surface area contributed by atoms with E-state index in [-0.39, 0.29) is 5.54 Å². The van der Waals surface area contributed by atoms with E-state index in [4.69, 9.17) is 4.74 Å². The van der Waals surface area contributed by atoms with Gasteiger partial charge in [-0.25, -0.2) is 0 Å². The van der Waals surface area contributed by atoms with E-state index in [1.54, 1.807) is 7.11 Å². The zero-order chi connectivity index (χ0) is 8.74. The predicted octanol–water partition coefficient (Wildman–Crippen LogP) is 1.02. The van der Waals surface area contributed by atoms with Crippen LogP contribution in [0.3, 0.4) is 0 Å². The van der Waals surface area contributed by atoms with E-state index in [1.165, 1.54) is 0 Å². The number of methoxy groups -OCH3 is 1. The largest absolute Gasteiger partial charge is 0.372 e. The molecule has 0 rings (SSSR count). The highest BCUT2D eigenvalue weighted by Crippen LogP contribution is 1.95. The van der Waals surface area contributed by atoms with Gasteiger partial charge in [0.05, 0.1) is 6.54 Å². The number of hydrogen-bond donors (Lipinski definition) is 1. The molecule has 0 spiro atoms. The van der Waals surface area contributed by atoms with Gasteiger partial charge in [0.25, 0.3) is 0 Å². The van der Waals surface area contributed by atoms with Gasteiger partial charge in [0, 0.05) is 12.6 Å². The van der Waals surface area contributed by atoms with Crippen molar-refractivity contribution in [2.75, 3.05) is 20.3 Å². The summed E-state index contributed by atoms with van der Waals surface area (Å²) in [5, 5.41) is 3.25. The van der Waals surface area contributed by atoms with E-state index < -0.39 is 0 Å². The fraction of sp³-hybridized carbons (Fsp3) is 0.778. The molecule has 1 N–H and O–H groups in total. The van der Waals surface area contributed by atoms with Crippen LogP contribution in [0.5, 0.6) is 0 Å². The lowest BCUT2D eigenvalue weighted by Gasteiger charge is -2.17. The van der Waals surface area contributed by atoms with Crippen LogP contribution in [0.25, 0.3) is 0 Å². The number of rotatable bonds is 2. The monoisotopic (exact) mass is 155 g/mol. The minimum Gasteiger partial charge on any atom is -0.372 e. The molecular weight excluding hydrogens is 138 g/mol. The Bertz CT molecular complexity index is 147. The van der Waals surface area contributed by atoms with Gasteiger partial charge in [0.2, 0.25) is 0 Å². The van der Waals surface area contributed by atoms with Crippen LogP contribution in [0, 0.1) is 11.8 Å². The first-order valence-corrected chi connectivity index (χ1v) is 3.76. The van der Waals surface area contributed by atoms with Crippen LogP contribution in [-0.2, 0) is 4.74 Å². The number of ether oxygens (including phenoxy) is 1. The maximum Gasteiger partial charge on any atom is 0.107 e. The van der Waals surface area contributed by atoms with Gasteiger partial charge in [0.15, 0.2) is 0 Å². The summed E-state index contributed by atoms with van der Waals surface area (Å²) in [7, 11) is 1.64. The van der Waals surface area contributed by atoms with Crippen molar-refractivity contribution in [2.45, 2.75) is 26.3 Å². The molecule has 0 aliphatic carbocycles. The van der Waals surface area contributed by atoms with Gasteiger partial charge in [-0.05, 0) is 20.8 Å². The average molecular weight is 155 g/mol. The second-order valence-electron chi connectivity index (χ2n) is 3.39. The molecule has 0 saturated heterocycles. The lowest BCUT2D eigenvalue weighted by molar-refractivity contribution is 0.239. The third kappa shape index (κ3) is 9.48. The maximum atomic E-state index is 4.77. The van der Waals surface area contributed by atoms with Crippen LogP contribution in [-0.4, -0.2) is 25.8 Å². The molecule has 0 radical (unpaired) electrons. The molecule has 2 nitrogen and oxygen atoms in total. The first-order valence-electron chi connectivity index (χ1n) is 3.76. The van der Waals surface area contributed by atoms with Crippen LogP contribution < -0.4 is 5.32 Å². The third-order valence-corrected chi connectivity index (χ3v) is 1.05. The number of nitrogens with one attached hydrogen (secondary N) is 1. The van der Waals surface area contributed by atoms with E-state index in [2.05, 4.69) is 37.9 Å². The third-order valence-electron chi connectivity index (χ3n) is 1.05. The van der Waals surface area contributed by atoms with Crippen molar-refractivity contribution in [1.82, 2.24) is 5.32 Å². The summed E-state index contributed by atoms with van der Waals surface area (Å²) >= 11 is 0. The fourth-order valence-corrected chi connectivity index (χ4v) is 0.495. The SMILES string of the molecule is COCC#CCNC(C)(C)C. The smallest absolute Gasteiger partial charge is 0.107 e. The first kappa shape index (κ1) is 10.5. The molecule has 11 heavy (non-hydrogen) atoms. The Morgan fingerprint density at radius 3 is 2.36 bits per heavy atom. The molecule has 2 heteroatoms. The van der Waals surface area contributed by atoms with E-state index in [9.17, 15) is 0 Å². The molecule has 0 aromatic heterocycles. The standard InChI is InChI=1S/C9H17NO/c1-9(2,3)10-7-5-6-8-11-4/h10H,7-8H2,1-4H3. The molecule has 64 valence electrons. The van der Waals surface area contributed by atoms with Crippen molar-refractivity contribution < 1.29 is 4.74 Å². The lowest BCUT2D eigenvalue weighted by atomic mass is 10.1. The molecule has 0 saturated carbocycles. The summed E-state index contributed by atoms with van der Waals surface area (Å²) in [6.45, 7) is 7.60. The highest BCUT2D eigenvalue weighted by molar-refractivity contribution is 5.01. The molecule has 0 aliphatic heterocycles. The van der Waals surface area contributed by atoms with Gasteiger partial charge < -0.3 is 10.1 Å². The summed E-state index contributed by atoms with van der Waals surface area (Å²) in [5.41, 5.74) is 0.155. The molecule has 0 aromatic rings. The zero-order valence-corrected chi connectivity index (χ0v) is 7.82. The Morgan fingerprint density at radius 2 is 1.91 bits per heavy atom. The van der Waals surface area contributed by atoms with E-state index in [1.807, 2.05) is 0 Å². The average Bonchev–Trinajstić information content (AvgIpc) is 1.85. The molecule has 0 heterocycles. The van der Waals surface area contributed by atoms with Crippen molar-refractivity contribution in [3.05, 3.63) is 0 Å². The van der Waals surface area contributed by atoms with Crippen molar-refractivity contribution >= 4 is 0 Å². The number of hydrogen-bond acceptors (Lipinski definition) is 2. The van der Waals surface area contributed by atoms with Crippen molar-refractivity contribution in [3.8, 4) is 11.8 Å². The summed E-state index contributed by atoms with van der Waals surface area (Å²) in [6, 6.07) is 0. The second-order valence-corrected chi connectivity index (χ2v) is 3.39. The topological polar surface area (TPSA) is 21.3 Å². The Balaban J connectivity index is 3.36. The lowest BCUT2D eigenvalue weighted by Crippen LogP contribution is -2.35. The fourth-order valence-electron chi connectivity index (χ4n) is 0.495. The van der Waals surface area contributed by atoms with E-state index >= 15 is 0 Å². The Morgan fingerprint density at radius 1 is 1.27 bits per heavy atom. The zero-order valence-electron chi connectivity index (χ0n) is 7.82. The van der Waals surface area contributed by atoms with Crippen LogP contribution >= 0.6 is 0 Å². The Labute approximate surface area is 69.3 Å². The summed E-state index contributed by atoms with van der Waals surface area (Å²) in [5.74, 6) is 5.83. The normalized spacial score (nSPS) is 10.5. The Hall–Kier alpha value is -0.520. The van der Waals surface area contributed by atoms with Gasteiger partial charge >= 0.3 is 0 Å². The van der Waals surface area contributed by atoms with Gasteiger partial charge in [-0.1, -0.05) is 11.8 Å². The molecule has 0 amide bonds. The van der Waals surface area contributed by atoms with E-state index in [0.717, 1.165) is 6.54 Å². The summed E-state index contributed by atoms with van der Waals surface area (Å²) in [4.78, 5) is 0. The van der Waals surface area contributed by atoms with Gasteiger partial charge in [0.1, 0.15) is 6.61 Å². The quantitative estimate of drug-likeness (QED) is 0.601. The summed E-state index contributed by atoms with van der Waals surface area (Å²) in [6.07, 6.45) is 0. The Kier molecular flexibility index (Phi) is 4.93. The molecule has 0 atom stereocenters. The second kappa shape index (κ2) is 5.17. The van der Waals surface area contributed by atoms with Crippen molar-refractivity contribution in [3.63, 3.8) is 0 Å². The van der Waals surface area contributed by atoms with Crippen LogP contribution in [0.4, 0.5) is 0 Å². The first-order chi connectivity index (χ1) is 5.06. The predicted molar refractivity (Wildman–Crippen MR) is 47.4 cm³/mol. The summed E-state index contributed by atoms with van der Waals surface area (Å²) < 4.78 is 4.77. The minimum atomic E-state index is 0.155. The minimum absolute atomic E-state index is 0.155. The van der Waals surface area contributed by atoms with Gasteiger partial charge in [-0.3, -0.25) is 0 Å². The van der Waals surface area contributed by atoms with Crippen LogP contribution in [0.15, 0.2) is 0 Å². The van der Waals surface area contributed by atoms with Crippen LogP contribution in [0.1, 0.15) is 20.8 Å². The van der Waals surface area contributed by atoms with Crippen molar-refractivity contribution in [1.29, 1.82) is 0 Å². The highest BCUT2D eigenvalue weighted by Gasteiger charge is 2.05. The molecular formula is C9H17NO. The molecule has 0 aromatic carbocycles. The van der Waals surface area contributed by atoms with Crippen molar-refractivity contribution in [2.24, 2.45) is 0 Å². The van der Waals surface area contributed by atoms with Crippen LogP contribution in [0.2, 0.25) is 0 Å². The van der Waals surface area contributed by atoms with Gasteiger partial charge in [-0.15, -0.1) is 0 Å². The molecule has 0 aliphatic rings.